The maximum atomic E-state index is 13.8. The number of carbonyl (C=O) groups excluding carboxylic acids is 1. The first-order valence-corrected chi connectivity index (χ1v) is 10.0. The molecule has 2 bridgehead atoms. The molecule has 0 aliphatic heterocycles. The van der Waals surface area contributed by atoms with Crippen LogP contribution in [0.1, 0.15) is 55.1 Å². The maximum Gasteiger partial charge on any atom is 0.237 e. The van der Waals surface area contributed by atoms with Crippen molar-refractivity contribution in [1.29, 1.82) is 0 Å². The molecule has 1 amide bonds. The van der Waals surface area contributed by atoms with E-state index in [1.54, 1.807) is 0 Å². The van der Waals surface area contributed by atoms with E-state index in [0.29, 0.717) is 0 Å². The van der Waals surface area contributed by atoms with Crippen molar-refractivity contribution in [2.45, 2.75) is 51.9 Å². The van der Waals surface area contributed by atoms with Crippen LogP contribution < -0.4 is 5.32 Å². The van der Waals surface area contributed by atoms with Gasteiger partial charge in [-0.05, 0) is 61.4 Å². The van der Waals surface area contributed by atoms with Crippen LogP contribution in [0.3, 0.4) is 0 Å². The SMILES string of the molecule is Cc1ccc(C)c(NC(=O)C23CCC(c4nc5ccccc5nc42)C3(C)C)c1. The number of carbonyl (C=O) groups is 1. The number of nitrogens with one attached hydrogen (secondary N) is 1. The van der Waals surface area contributed by atoms with Gasteiger partial charge in [0.05, 0.1) is 27.8 Å². The van der Waals surface area contributed by atoms with Crippen molar-refractivity contribution in [2.24, 2.45) is 5.41 Å². The average molecular weight is 371 g/mol. The Hall–Kier alpha value is -2.75. The molecule has 0 saturated heterocycles. The summed E-state index contributed by atoms with van der Waals surface area (Å²) in [5.74, 6) is 0.320. The van der Waals surface area contributed by atoms with Gasteiger partial charge in [0.1, 0.15) is 0 Å². The summed E-state index contributed by atoms with van der Waals surface area (Å²) in [6.07, 6.45) is 1.80. The summed E-state index contributed by atoms with van der Waals surface area (Å²) in [6.45, 7) is 8.50. The fourth-order valence-corrected chi connectivity index (χ4v) is 5.43. The second-order valence-electron chi connectivity index (χ2n) is 8.94. The average Bonchev–Trinajstić information content (AvgIpc) is 3.04. The van der Waals surface area contributed by atoms with E-state index < -0.39 is 5.41 Å². The molecule has 2 aliphatic carbocycles. The van der Waals surface area contributed by atoms with Gasteiger partial charge in [0.25, 0.3) is 0 Å². The van der Waals surface area contributed by atoms with Gasteiger partial charge in [-0.25, -0.2) is 9.97 Å². The van der Waals surface area contributed by atoms with Crippen molar-refractivity contribution in [3.05, 3.63) is 65.0 Å². The zero-order chi connectivity index (χ0) is 19.7. The maximum absolute atomic E-state index is 13.8. The number of nitrogens with zero attached hydrogens (tertiary/aromatic N) is 2. The van der Waals surface area contributed by atoms with Gasteiger partial charge < -0.3 is 5.32 Å². The van der Waals surface area contributed by atoms with Crippen molar-refractivity contribution in [2.75, 3.05) is 5.32 Å². The predicted molar refractivity (Wildman–Crippen MR) is 112 cm³/mol. The summed E-state index contributed by atoms with van der Waals surface area (Å²) < 4.78 is 0. The van der Waals surface area contributed by atoms with Gasteiger partial charge in [-0.3, -0.25) is 4.79 Å². The van der Waals surface area contributed by atoms with E-state index >= 15 is 0 Å². The normalized spacial score (nSPS) is 24.4. The molecule has 3 aromatic rings. The third-order valence-corrected chi connectivity index (χ3v) is 7.14. The van der Waals surface area contributed by atoms with E-state index in [-0.39, 0.29) is 17.2 Å². The molecule has 28 heavy (non-hydrogen) atoms. The molecule has 2 atom stereocenters. The Labute approximate surface area is 165 Å². The van der Waals surface area contributed by atoms with E-state index in [2.05, 4.69) is 31.3 Å². The lowest BCUT2D eigenvalue weighted by Gasteiger charge is -2.36. The summed E-state index contributed by atoms with van der Waals surface area (Å²) in [5, 5.41) is 3.25. The molecule has 1 fully saturated rings. The minimum absolute atomic E-state index is 0.0528. The number of amides is 1. The van der Waals surface area contributed by atoms with Crippen molar-refractivity contribution < 1.29 is 4.79 Å². The van der Waals surface area contributed by atoms with E-state index in [4.69, 9.17) is 9.97 Å². The van der Waals surface area contributed by atoms with Crippen LogP contribution in [-0.4, -0.2) is 15.9 Å². The van der Waals surface area contributed by atoms with Gasteiger partial charge in [-0.1, -0.05) is 38.1 Å². The molecule has 1 aromatic heterocycles. The van der Waals surface area contributed by atoms with Gasteiger partial charge in [0, 0.05) is 11.6 Å². The molecule has 1 N–H and O–H groups in total. The van der Waals surface area contributed by atoms with Crippen LogP contribution in [-0.2, 0) is 10.2 Å². The summed E-state index contributed by atoms with van der Waals surface area (Å²) in [6, 6.07) is 14.1. The molecule has 2 aromatic carbocycles. The van der Waals surface area contributed by atoms with E-state index in [1.807, 2.05) is 44.2 Å². The number of rotatable bonds is 2. The highest BCUT2D eigenvalue weighted by atomic mass is 16.2. The molecule has 5 rings (SSSR count). The third-order valence-electron chi connectivity index (χ3n) is 7.14. The lowest BCUT2D eigenvalue weighted by Crippen LogP contribution is -2.46. The Morgan fingerprint density at radius 2 is 1.79 bits per heavy atom. The molecule has 4 nitrogen and oxygen atoms in total. The fraction of sp³-hybridized carbons (Fsp3) is 0.375. The zero-order valence-corrected chi connectivity index (χ0v) is 16.8. The van der Waals surface area contributed by atoms with Crippen molar-refractivity contribution in [3.63, 3.8) is 0 Å². The van der Waals surface area contributed by atoms with E-state index in [9.17, 15) is 4.79 Å². The molecule has 0 radical (unpaired) electrons. The Bertz CT molecular complexity index is 1130. The van der Waals surface area contributed by atoms with Crippen molar-refractivity contribution in [3.8, 4) is 0 Å². The van der Waals surface area contributed by atoms with Crippen LogP contribution in [0.5, 0.6) is 0 Å². The number of benzene rings is 2. The second-order valence-corrected chi connectivity index (χ2v) is 8.94. The highest BCUT2D eigenvalue weighted by Gasteiger charge is 2.67. The van der Waals surface area contributed by atoms with Gasteiger partial charge >= 0.3 is 0 Å². The summed E-state index contributed by atoms with van der Waals surface area (Å²) in [5.41, 5.74) is 5.93. The van der Waals surface area contributed by atoms with Gasteiger partial charge in [-0.15, -0.1) is 0 Å². The Morgan fingerprint density at radius 3 is 2.54 bits per heavy atom. The van der Waals surface area contributed by atoms with Crippen LogP contribution in [0.15, 0.2) is 42.5 Å². The van der Waals surface area contributed by atoms with Gasteiger partial charge in [0.15, 0.2) is 0 Å². The molecule has 1 saturated carbocycles. The van der Waals surface area contributed by atoms with Crippen LogP contribution >= 0.6 is 0 Å². The largest absolute Gasteiger partial charge is 0.325 e. The highest BCUT2D eigenvalue weighted by Crippen LogP contribution is 2.67. The zero-order valence-electron chi connectivity index (χ0n) is 16.8. The standard InChI is InChI=1S/C24H25N3O/c1-14-9-10-15(2)19(13-14)27-22(28)24-12-11-16(23(24,3)4)20-21(24)26-18-8-6-5-7-17(18)25-20/h5-10,13,16H,11-12H2,1-4H3,(H,27,28). The number of anilines is 1. The minimum Gasteiger partial charge on any atom is -0.325 e. The molecular formula is C24H25N3O. The number of hydrogen-bond acceptors (Lipinski definition) is 3. The van der Waals surface area contributed by atoms with Crippen molar-refractivity contribution >= 4 is 22.6 Å². The van der Waals surface area contributed by atoms with Gasteiger partial charge in [0.2, 0.25) is 5.91 Å². The van der Waals surface area contributed by atoms with Crippen molar-refractivity contribution in [1.82, 2.24) is 9.97 Å². The topological polar surface area (TPSA) is 54.9 Å². The Balaban J connectivity index is 1.67. The number of aryl methyl sites for hydroxylation is 2. The predicted octanol–water partition coefficient (Wildman–Crippen LogP) is 5.04. The van der Waals surface area contributed by atoms with Crippen LogP contribution in [0.2, 0.25) is 0 Å². The first kappa shape index (κ1) is 17.4. The molecule has 1 heterocycles. The number of fused-ring (bicyclic) bond motifs is 6. The highest BCUT2D eigenvalue weighted by molar-refractivity contribution is 6.02. The molecule has 2 unspecified atom stereocenters. The molecular weight excluding hydrogens is 346 g/mol. The van der Waals surface area contributed by atoms with E-state index in [1.165, 1.54) is 0 Å². The monoisotopic (exact) mass is 371 g/mol. The molecule has 2 aliphatic rings. The summed E-state index contributed by atoms with van der Waals surface area (Å²) in [4.78, 5) is 23.7. The van der Waals surface area contributed by atoms with Crippen LogP contribution in [0, 0.1) is 19.3 Å². The minimum atomic E-state index is -0.639. The first-order valence-electron chi connectivity index (χ1n) is 10.0. The summed E-state index contributed by atoms with van der Waals surface area (Å²) in [7, 11) is 0. The number of hydrogen-bond donors (Lipinski definition) is 1. The Kier molecular flexibility index (Phi) is 3.49. The van der Waals surface area contributed by atoms with Crippen LogP contribution in [0.25, 0.3) is 11.0 Å². The quantitative estimate of drug-likeness (QED) is 0.686. The molecule has 4 heteroatoms. The van der Waals surface area contributed by atoms with Crippen LogP contribution in [0.4, 0.5) is 5.69 Å². The smallest absolute Gasteiger partial charge is 0.237 e. The Morgan fingerprint density at radius 1 is 1.07 bits per heavy atom. The molecule has 142 valence electrons. The lowest BCUT2D eigenvalue weighted by molar-refractivity contribution is -0.124. The first-order chi connectivity index (χ1) is 13.3. The van der Waals surface area contributed by atoms with E-state index in [0.717, 1.165) is 52.1 Å². The second kappa shape index (κ2) is 5.63. The fourth-order valence-electron chi connectivity index (χ4n) is 5.43. The van der Waals surface area contributed by atoms with Gasteiger partial charge in [-0.2, -0.15) is 0 Å². The number of para-hydroxylation sites is 2. The summed E-state index contributed by atoms with van der Waals surface area (Å²) >= 11 is 0. The lowest BCUT2D eigenvalue weighted by atomic mass is 9.67. The third kappa shape index (κ3) is 2.09. The molecule has 0 spiro atoms. The number of aromatic nitrogens is 2.